The monoisotopic (exact) mass is 455 g/mol. The zero-order valence-corrected chi connectivity index (χ0v) is 17.6. The van der Waals surface area contributed by atoms with Crippen LogP contribution < -0.4 is 10.2 Å². The Balaban J connectivity index is 1.54. The number of nitrogens with zero attached hydrogens (tertiary/aromatic N) is 2. The largest absolute Gasteiger partial charge is 0.332 e. The second-order valence-corrected chi connectivity index (χ2v) is 8.26. The van der Waals surface area contributed by atoms with E-state index < -0.39 is 35.5 Å². The number of imide groups is 1. The van der Waals surface area contributed by atoms with E-state index in [4.69, 9.17) is 0 Å². The molecule has 1 fully saturated rings. The molecule has 0 aliphatic carbocycles. The summed E-state index contributed by atoms with van der Waals surface area (Å²) in [4.78, 5) is 42.3. The van der Waals surface area contributed by atoms with Crippen LogP contribution in [0.5, 0.6) is 0 Å². The Hall–Kier alpha value is -3.59. The first kappa shape index (κ1) is 21.6. The highest BCUT2D eigenvalue weighted by atomic mass is 32.1. The SMILES string of the molecule is O=C(C[C@@H]1C(=O)N(c2ccc(F)cc2)C(=O)N1CCc1cccs1)Nc1ccc(F)cc1. The van der Waals surface area contributed by atoms with Gasteiger partial charge in [-0.3, -0.25) is 9.59 Å². The Kier molecular flexibility index (Phi) is 6.27. The van der Waals surface area contributed by atoms with Crippen LogP contribution in [0.15, 0.2) is 66.0 Å². The topological polar surface area (TPSA) is 69.7 Å². The van der Waals surface area contributed by atoms with Crippen LogP contribution in [0.2, 0.25) is 0 Å². The highest BCUT2D eigenvalue weighted by Gasteiger charge is 2.46. The quantitative estimate of drug-likeness (QED) is 0.536. The molecule has 1 aliphatic heterocycles. The fraction of sp³-hybridized carbons (Fsp3) is 0.174. The van der Waals surface area contributed by atoms with Crippen LogP contribution in [0, 0.1) is 11.6 Å². The molecule has 0 saturated carbocycles. The lowest BCUT2D eigenvalue weighted by Crippen LogP contribution is -2.39. The van der Waals surface area contributed by atoms with Gasteiger partial charge >= 0.3 is 6.03 Å². The van der Waals surface area contributed by atoms with E-state index in [1.807, 2.05) is 17.5 Å². The highest BCUT2D eigenvalue weighted by Crippen LogP contribution is 2.28. The molecular formula is C23H19F2N3O3S. The molecule has 0 unspecified atom stereocenters. The molecule has 1 aliphatic rings. The van der Waals surface area contributed by atoms with Crippen molar-refractivity contribution in [2.45, 2.75) is 18.9 Å². The molecule has 9 heteroatoms. The molecule has 0 bridgehead atoms. The fourth-order valence-corrected chi connectivity index (χ4v) is 4.22. The number of amides is 4. The predicted molar refractivity (Wildman–Crippen MR) is 117 cm³/mol. The van der Waals surface area contributed by atoms with Gasteiger partial charge in [0.25, 0.3) is 5.91 Å². The number of halogens is 2. The summed E-state index contributed by atoms with van der Waals surface area (Å²) in [5, 5.41) is 4.54. The van der Waals surface area contributed by atoms with E-state index in [-0.39, 0.29) is 18.7 Å². The summed E-state index contributed by atoms with van der Waals surface area (Å²) in [6, 6.07) is 12.5. The van der Waals surface area contributed by atoms with Crippen molar-refractivity contribution in [3.8, 4) is 0 Å². The van der Waals surface area contributed by atoms with Crippen LogP contribution in [0.4, 0.5) is 25.0 Å². The number of carbonyl (C=O) groups is 3. The molecular weight excluding hydrogens is 436 g/mol. The standard InChI is InChI=1S/C23H19F2N3O3S/c24-15-3-7-17(8-4-15)26-21(29)14-20-22(30)28(18-9-5-16(25)6-10-18)23(31)27(20)12-11-19-2-1-13-32-19/h1-10,13,20H,11-12,14H2,(H,26,29)/t20-/m1/s1. The van der Waals surface area contributed by atoms with E-state index in [1.165, 1.54) is 64.8 Å². The first-order chi connectivity index (χ1) is 15.4. The van der Waals surface area contributed by atoms with Gasteiger partial charge in [0.2, 0.25) is 5.91 Å². The van der Waals surface area contributed by atoms with Gasteiger partial charge in [0.15, 0.2) is 0 Å². The minimum atomic E-state index is -1.01. The Bertz CT molecular complexity index is 1120. The van der Waals surface area contributed by atoms with Crippen LogP contribution in [0.1, 0.15) is 11.3 Å². The highest BCUT2D eigenvalue weighted by molar-refractivity contribution is 7.09. The van der Waals surface area contributed by atoms with Crippen molar-refractivity contribution in [3.05, 3.63) is 82.6 Å². The first-order valence-electron chi connectivity index (χ1n) is 9.90. The number of hydrogen-bond donors (Lipinski definition) is 1. The number of thiophene rings is 1. The first-order valence-corrected chi connectivity index (χ1v) is 10.8. The van der Waals surface area contributed by atoms with E-state index >= 15 is 0 Å². The van der Waals surface area contributed by atoms with Crippen molar-refractivity contribution in [1.82, 2.24) is 4.90 Å². The van der Waals surface area contributed by atoms with E-state index in [2.05, 4.69) is 5.32 Å². The number of hydrogen-bond acceptors (Lipinski definition) is 4. The number of urea groups is 1. The maximum absolute atomic E-state index is 13.3. The molecule has 4 amide bonds. The van der Waals surface area contributed by atoms with Crippen molar-refractivity contribution < 1.29 is 23.2 Å². The Morgan fingerprint density at radius 1 is 0.969 bits per heavy atom. The molecule has 2 heterocycles. The maximum atomic E-state index is 13.3. The second-order valence-electron chi connectivity index (χ2n) is 7.23. The fourth-order valence-electron chi connectivity index (χ4n) is 3.52. The van der Waals surface area contributed by atoms with Crippen molar-refractivity contribution in [2.24, 2.45) is 0 Å². The number of benzene rings is 2. The summed E-state index contributed by atoms with van der Waals surface area (Å²) in [7, 11) is 0. The van der Waals surface area contributed by atoms with E-state index in [1.54, 1.807) is 0 Å². The van der Waals surface area contributed by atoms with Gasteiger partial charge < -0.3 is 10.2 Å². The molecule has 1 saturated heterocycles. The average Bonchev–Trinajstić information content (AvgIpc) is 3.36. The smallest absolute Gasteiger partial charge is 0.326 e. The molecule has 3 aromatic rings. The lowest BCUT2D eigenvalue weighted by molar-refractivity contribution is -0.124. The zero-order valence-electron chi connectivity index (χ0n) is 16.8. The lowest BCUT2D eigenvalue weighted by Gasteiger charge is -2.21. The predicted octanol–water partition coefficient (Wildman–Crippen LogP) is 4.44. The van der Waals surface area contributed by atoms with Crippen LogP contribution in [-0.4, -0.2) is 35.3 Å². The number of rotatable bonds is 7. The second kappa shape index (κ2) is 9.27. The summed E-state index contributed by atoms with van der Waals surface area (Å²) >= 11 is 1.54. The number of nitrogens with one attached hydrogen (secondary N) is 1. The molecule has 0 spiro atoms. The minimum Gasteiger partial charge on any atom is -0.326 e. The van der Waals surface area contributed by atoms with Crippen molar-refractivity contribution in [3.63, 3.8) is 0 Å². The number of carbonyl (C=O) groups excluding carboxylic acids is 3. The van der Waals surface area contributed by atoms with Gasteiger partial charge in [-0.05, 0) is 66.4 Å². The summed E-state index contributed by atoms with van der Waals surface area (Å²) in [5.74, 6) is -1.96. The van der Waals surface area contributed by atoms with Gasteiger partial charge in [-0.25, -0.2) is 18.5 Å². The van der Waals surface area contributed by atoms with Crippen LogP contribution in [-0.2, 0) is 16.0 Å². The van der Waals surface area contributed by atoms with Crippen LogP contribution in [0.3, 0.4) is 0 Å². The Labute approximate surface area is 187 Å². The Morgan fingerprint density at radius 2 is 1.62 bits per heavy atom. The van der Waals surface area contributed by atoms with E-state index in [9.17, 15) is 23.2 Å². The number of anilines is 2. The van der Waals surface area contributed by atoms with E-state index in [0.717, 1.165) is 9.78 Å². The van der Waals surface area contributed by atoms with E-state index in [0.29, 0.717) is 12.1 Å². The van der Waals surface area contributed by atoms with Crippen LogP contribution >= 0.6 is 11.3 Å². The summed E-state index contributed by atoms with van der Waals surface area (Å²) < 4.78 is 26.4. The third kappa shape index (κ3) is 4.67. The summed E-state index contributed by atoms with van der Waals surface area (Å²) in [6.45, 7) is 0.247. The molecule has 0 radical (unpaired) electrons. The minimum absolute atomic E-state index is 0.240. The van der Waals surface area contributed by atoms with Gasteiger partial charge in [-0.1, -0.05) is 6.07 Å². The molecule has 1 atom stereocenters. The normalized spacial score (nSPS) is 16.0. The van der Waals surface area contributed by atoms with Gasteiger partial charge in [0, 0.05) is 17.1 Å². The average molecular weight is 455 g/mol. The van der Waals surface area contributed by atoms with Gasteiger partial charge in [-0.2, -0.15) is 0 Å². The molecule has 1 aromatic heterocycles. The Morgan fingerprint density at radius 3 is 2.25 bits per heavy atom. The van der Waals surface area contributed by atoms with Gasteiger partial charge in [0.1, 0.15) is 17.7 Å². The van der Waals surface area contributed by atoms with Gasteiger partial charge in [0.05, 0.1) is 12.1 Å². The molecule has 32 heavy (non-hydrogen) atoms. The van der Waals surface area contributed by atoms with Crippen molar-refractivity contribution >= 4 is 40.6 Å². The van der Waals surface area contributed by atoms with Crippen LogP contribution in [0.25, 0.3) is 0 Å². The zero-order chi connectivity index (χ0) is 22.7. The lowest BCUT2D eigenvalue weighted by atomic mass is 10.1. The third-order valence-corrected chi connectivity index (χ3v) is 6.03. The third-order valence-electron chi connectivity index (χ3n) is 5.09. The summed E-state index contributed by atoms with van der Waals surface area (Å²) in [5.41, 5.74) is 0.623. The molecule has 164 valence electrons. The summed E-state index contributed by atoms with van der Waals surface area (Å²) in [6.07, 6.45) is 0.272. The van der Waals surface area contributed by atoms with Gasteiger partial charge in [-0.15, -0.1) is 11.3 Å². The maximum Gasteiger partial charge on any atom is 0.332 e. The molecule has 6 nitrogen and oxygen atoms in total. The van der Waals surface area contributed by atoms with Crippen molar-refractivity contribution in [2.75, 3.05) is 16.8 Å². The van der Waals surface area contributed by atoms with Crippen molar-refractivity contribution in [1.29, 1.82) is 0 Å². The molecule has 4 rings (SSSR count). The molecule has 2 aromatic carbocycles. The molecule has 1 N–H and O–H groups in total.